The second-order valence-corrected chi connectivity index (χ2v) is 11.6. The molecule has 2 aromatic carbocycles. The van der Waals surface area contributed by atoms with Crippen LogP contribution in [0.15, 0.2) is 67.0 Å². The van der Waals surface area contributed by atoms with Gasteiger partial charge >= 0.3 is 0 Å². The van der Waals surface area contributed by atoms with Gasteiger partial charge in [0.2, 0.25) is 10.0 Å². The van der Waals surface area contributed by atoms with Gasteiger partial charge in [0.1, 0.15) is 11.6 Å². The minimum Gasteiger partial charge on any atom is -0.495 e. The number of nitriles is 1. The third-order valence-electron chi connectivity index (χ3n) is 6.98. The summed E-state index contributed by atoms with van der Waals surface area (Å²) in [5.74, 6) is 1.51. The summed E-state index contributed by atoms with van der Waals surface area (Å²) in [5, 5.41) is 10.0. The molecule has 2 aromatic heterocycles. The van der Waals surface area contributed by atoms with E-state index < -0.39 is 10.0 Å². The molecule has 4 aromatic rings. The molecule has 0 bridgehead atoms. The zero-order chi connectivity index (χ0) is 27.0. The van der Waals surface area contributed by atoms with Crippen LogP contribution in [0.3, 0.4) is 0 Å². The van der Waals surface area contributed by atoms with Crippen LogP contribution in [0.2, 0.25) is 0 Å². The molecule has 8 nitrogen and oxygen atoms in total. The maximum absolute atomic E-state index is 12.2. The van der Waals surface area contributed by atoms with Crippen LogP contribution in [0.25, 0.3) is 33.2 Å². The van der Waals surface area contributed by atoms with Gasteiger partial charge in [0.05, 0.1) is 30.5 Å². The van der Waals surface area contributed by atoms with Crippen LogP contribution < -0.4 is 9.64 Å². The maximum atomic E-state index is 12.2. The summed E-state index contributed by atoms with van der Waals surface area (Å²) in [5.41, 5.74) is 5.07. The Labute approximate surface area is 223 Å². The van der Waals surface area contributed by atoms with Gasteiger partial charge in [0.25, 0.3) is 0 Å². The number of sulfonamides is 1. The molecule has 0 spiro atoms. The number of rotatable bonds is 5. The minimum atomic E-state index is -3.27. The second kappa shape index (κ2) is 10.0. The number of hydrogen-bond donors (Lipinski definition) is 0. The molecule has 9 heteroatoms. The van der Waals surface area contributed by atoms with E-state index >= 15 is 0 Å². The van der Waals surface area contributed by atoms with Gasteiger partial charge in [0.15, 0.2) is 0 Å². The quantitative estimate of drug-likeness (QED) is 0.371. The van der Waals surface area contributed by atoms with Crippen LogP contribution in [0.1, 0.15) is 19.4 Å². The molecule has 3 heterocycles. The van der Waals surface area contributed by atoms with Crippen molar-refractivity contribution in [3.05, 3.63) is 72.6 Å². The summed E-state index contributed by atoms with van der Waals surface area (Å²) in [7, 11) is -1.62. The molecule has 0 saturated carbocycles. The van der Waals surface area contributed by atoms with E-state index in [1.54, 1.807) is 29.7 Å². The summed E-state index contributed by atoms with van der Waals surface area (Å²) < 4.78 is 31.8. The Balaban J connectivity index is 1.47. The average Bonchev–Trinajstić information content (AvgIpc) is 2.91. The first kappa shape index (κ1) is 25.6. The topological polar surface area (TPSA) is 99.4 Å². The normalized spacial score (nSPS) is 18.3. The highest BCUT2D eigenvalue weighted by molar-refractivity contribution is 7.88. The van der Waals surface area contributed by atoms with Gasteiger partial charge < -0.3 is 9.64 Å². The third kappa shape index (κ3) is 4.69. The highest BCUT2D eigenvalue weighted by Crippen LogP contribution is 2.39. The number of hydrogen-bond acceptors (Lipinski definition) is 7. The SMILES string of the molecule is COc1c(-c2ccc(N3CC(C)N(S(C)(=O)=O)C(C)C3)nc2)cnc2c(-c3ccc(C#N)cc3)cccc12. The summed E-state index contributed by atoms with van der Waals surface area (Å²) >= 11 is 0. The molecule has 1 aliphatic rings. The standard InChI is InChI=1S/C29H29N5O3S/c1-19-17-33(18-20(2)34(19)38(4,35)36)27-13-12-23(15-31-27)26-16-32-28-24(6-5-7-25(28)29(26)37-3)22-10-8-21(14-30)9-11-22/h5-13,15-16,19-20H,17-18H2,1-4H3. The van der Waals surface area contributed by atoms with Crippen molar-refractivity contribution in [2.75, 3.05) is 31.4 Å². The number of benzene rings is 2. The Morgan fingerprint density at radius 3 is 2.18 bits per heavy atom. The number of pyridine rings is 2. The van der Waals surface area contributed by atoms with Crippen molar-refractivity contribution in [3.63, 3.8) is 0 Å². The number of nitrogens with zero attached hydrogens (tertiary/aromatic N) is 5. The van der Waals surface area contributed by atoms with Gasteiger partial charge in [-0.25, -0.2) is 13.4 Å². The number of methoxy groups -OCH3 is 1. The van der Waals surface area contributed by atoms with Crippen molar-refractivity contribution in [2.45, 2.75) is 25.9 Å². The summed E-state index contributed by atoms with van der Waals surface area (Å²) in [6.07, 6.45) is 4.88. The largest absolute Gasteiger partial charge is 0.495 e. The Hall–Kier alpha value is -4.00. The van der Waals surface area contributed by atoms with E-state index in [9.17, 15) is 8.42 Å². The molecule has 0 radical (unpaired) electrons. The number of aromatic nitrogens is 2. The number of anilines is 1. The fourth-order valence-corrected chi connectivity index (χ4v) is 6.90. The van der Waals surface area contributed by atoms with Crippen molar-refractivity contribution in [1.82, 2.24) is 14.3 Å². The van der Waals surface area contributed by atoms with Gasteiger partial charge in [0, 0.05) is 59.6 Å². The van der Waals surface area contributed by atoms with Crippen molar-refractivity contribution >= 4 is 26.7 Å². The van der Waals surface area contributed by atoms with E-state index in [0.717, 1.165) is 39.0 Å². The first-order valence-corrected chi connectivity index (χ1v) is 14.2. The van der Waals surface area contributed by atoms with E-state index in [2.05, 4.69) is 11.0 Å². The zero-order valence-electron chi connectivity index (χ0n) is 21.8. The lowest BCUT2D eigenvalue weighted by molar-refractivity contribution is 0.242. The fraction of sp³-hybridized carbons (Fsp3) is 0.276. The molecule has 194 valence electrons. The predicted molar refractivity (Wildman–Crippen MR) is 149 cm³/mol. The molecule has 5 rings (SSSR count). The minimum absolute atomic E-state index is 0.148. The van der Waals surface area contributed by atoms with E-state index in [1.165, 1.54) is 6.26 Å². The Morgan fingerprint density at radius 1 is 0.921 bits per heavy atom. The molecule has 0 N–H and O–H groups in total. The second-order valence-electron chi connectivity index (χ2n) is 9.70. The molecular formula is C29H29N5O3S. The van der Waals surface area contributed by atoms with Gasteiger partial charge in [-0.2, -0.15) is 9.57 Å². The van der Waals surface area contributed by atoms with Crippen LogP contribution in [0, 0.1) is 11.3 Å². The Morgan fingerprint density at radius 2 is 1.61 bits per heavy atom. The summed E-state index contributed by atoms with van der Waals surface area (Å²) in [6.45, 7) is 5.00. The van der Waals surface area contributed by atoms with Crippen LogP contribution in [-0.2, 0) is 10.0 Å². The Bertz CT molecular complexity index is 1620. The van der Waals surface area contributed by atoms with E-state index in [-0.39, 0.29) is 12.1 Å². The average molecular weight is 528 g/mol. The van der Waals surface area contributed by atoms with E-state index in [4.69, 9.17) is 20.0 Å². The fourth-order valence-electron chi connectivity index (χ4n) is 5.46. The smallest absolute Gasteiger partial charge is 0.211 e. The number of fused-ring (bicyclic) bond motifs is 1. The molecule has 2 atom stereocenters. The van der Waals surface area contributed by atoms with Crippen LogP contribution in [-0.4, -0.2) is 61.2 Å². The maximum Gasteiger partial charge on any atom is 0.211 e. The highest BCUT2D eigenvalue weighted by Gasteiger charge is 2.35. The van der Waals surface area contributed by atoms with Crippen molar-refractivity contribution in [2.24, 2.45) is 0 Å². The summed E-state index contributed by atoms with van der Waals surface area (Å²) in [4.78, 5) is 11.6. The van der Waals surface area contributed by atoms with Gasteiger partial charge in [-0.05, 0) is 49.7 Å². The Kier molecular flexibility index (Phi) is 6.78. The van der Waals surface area contributed by atoms with Crippen molar-refractivity contribution in [1.29, 1.82) is 5.26 Å². The molecule has 0 amide bonds. The first-order valence-electron chi connectivity index (χ1n) is 12.4. The van der Waals surface area contributed by atoms with Crippen LogP contribution in [0.5, 0.6) is 5.75 Å². The van der Waals surface area contributed by atoms with Gasteiger partial charge in [-0.15, -0.1) is 0 Å². The lowest BCUT2D eigenvalue weighted by Gasteiger charge is -2.43. The van der Waals surface area contributed by atoms with Gasteiger partial charge in [-0.1, -0.05) is 24.3 Å². The van der Waals surface area contributed by atoms with E-state index in [0.29, 0.717) is 24.4 Å². The predicted octanol–water partition coefficient (Wildman–Crippen LogP) is 4.70. The number of piperazine rings is 1. The molecule has 0 aliphatic carbocycles. The first-order chi connectivity index (χ1) is 18.2. The van der Waals surface area contributed by atoms with Crippen LogP contribution >= 0.6 is 0 Å². The molecule has 1 fully saturated rings. The molecule has 1 saturated heterocycles. The number of ether oxygens (including phenoxy) is 1. The summed E-state index contributed by atoms with van der Waals surface area (Å²) in [6, 6.07) is 19.2. The lowest BCUT2D eigenvalue weighted by atomic mass is 9.98. The molecule has 38 heavy (non-hydrogen) atoms. The van der Waals surface area contributed by atoms with E-state index in [1.807, 2.05) is 62.5 Å². The zero-order valence-corrected chi connectivity index (χ0v) is 22.6. The highest BCUT2D eigenvalue weighted by atomic mass is 32.2. The van der Waals surface area contributed by atoms with Crippen molar-refractivity contribution in [3.8, 4) is 34.1 Å². The lowest BCUT2D eigenvalue weighted by Crippen LogP contribution is -2.58. The van der Waals surface area contributed by atoms with Crippen LogP contribution in [0.4, 0.5) is 5.82 Å². The van der Waals surface area contributed by atoms with Crippen molar-refractivity contribution < 1.29 is 13.2 Å². The molecule has 2 unspecified atom stereocenters. The number of para-hydroxylation sites is 1. The monoisotopic (exact) mass is 527 g/mol. The molecule has 1 aliphatic heterocycles. The van der Waals surface area contributed by atoms with Gasteiger partial charge in [-0.3, -0.25) is 4.98 Å². The molecular weight excluding hydrogens is 498 g/mol. The third-order valence-corrected chi connectivity index (χ3v) is 8.47.